The number of carbonyl (C=O) groups excluding carboxylic acids is 1. The molecule has 70 valence electrons. The molecule has 0 aliphatic heterocycles. The third kappa shape index (κ3) is 1.70. The Kier molecular flexibility index (Phi) is 2.37. The van der Waals surface area contributed by atoms with Crippen LogP contribution in [0.4, 0.5) is 0 Å². The normalized spacial score (nSPS) is 10.1. The Bertz CT molecular complexity index is 465. The molecule has 0 fully saturated rings. The van der Waals surface area contributed by atoms with Crippen LogP contribution >= 0.6 is 11.5 Å². The van der Waals surface area contributed by atoms with Crippen molar-refractivity contribution in [2.75, 3.05) is 0 Å². The Morgan fingerprint density at radius 2 is 2.21 bits per heavy atom. The number of hydrogen-bond acceptors (Lipinski definition) is 4. The molecule has 0 saturated carbocycles. The fourth-order valence-corrected chi connectivity index (χ4v) is 1.89. The SMILES string of the molecule is Cc1cc(-c2cncc(C=O)c2)sn1. The van der Waals surface area contributed by atoms with E-state index in [2.05, 4.69) is 9.36 Å². The largest absolute Gasteiger partial charge is 0.298 e. The second-order valence-electron chi connectivity index (χ2n) is 2.96. The summed E-state index contributed by atoms with van der Waals surface area (Å²) in [6.07, 6.45) is 4.08. The molecule has 14 heavy (non-hydrogen) atoms. The zero-order chi connectivity index (χ0) is 9.97. The highest BCUT2D eigenvalue weighted by Crippen LogP contribution is 2.23. The molecule has 0 aliphatic carbocycles. The number of rotatable bonds is 2. The maximum Gasteiger partial charge on any atom is 0.151 e. The van der Waals surface area contributed by atoms with Crippen LogP contribution < -0.4 is 0 Å². The summed E-state index contributed by atoms with van der Waals surface area (Å²) in [6.45, 7) is 1.94. The second kappa shape index (κ2) is 3.67. The third-order valence-electron chi connectivity index (χ3n) is 1.81. The van der Waals surface area contributed by atoms with Crippen LogP contribution in [0.25, 0.3) is 10.4 Å². The van der Waals surface area contributed by atoms with Gasteiger partial charge in [0.25, 0.3) is 0 Å². The molecule has 2 rings (SSSR count). The molecule has 0 N–H and O–H groups in total. The Morgan fingerprint density at radius 1 is 1.36 bits per heavy atom. The van der Waals surface area contributed by atoms with Crippen molar-refractivity contribution >= 4 is 17.8 Å². The second-order valence-corrected chi connectivity index (χ2v) is 3.76. The monoisotopic (exact) mass is 204 g/mol. The summed E-state index contributed by atoms with van der Waals surface area (Å²) < 4.78 is 4.17. The summed E-state index contributed by atoms with van der Waals surface area (Å²) in [7, 11) is 0. The third-order valence-corrected chi connectivity index (χ3v) is 2.74. The van der Waals surface area contributed by atoms with Gasteiger partial charge in [-0.25, -0.2) is 0 Å². The predicted octanol–water partition coefficient (Wildman–Crippen LogP) is 2.33. The highest BCUT2D eigenvalue weighted by molar-refractivity contribution is 7.09. The highest BCUT2D eigenvalue weighted by Gasteiger charge is 2.02. The van der Waals surface area contributed by atoms with Gasteiger partial charge in [0.15, 0.2) is 6.29 Å². The molecule has 0 spiro atoms. The van der Waals surface area contributed by atoms with Gasteiger partial charge >= 0.3 is 0 Å². The molecule has 2 aromatic rings. The molecule has 0 atom stereocenters. The average molecular weight is 204 g/mol. The lowest BCUT2D eigenvalue weighted by Gasteiger charge is -1.95. The molecule has 2 heterocycles. The number of aryl methyl sites for hydroxylation is 1. The van der Waals surface area contributed by atoms with E-state index in [1.165, 1.54) is 11.5 Å². The molecule has 0 aliphatic rings. The first-order chi connectivity index (χ1) is 6.79. The molecule has 0 bridgehead atoms. The molecule has 2 aromatic heterocycles. The Morgan fingerprint density at radius 3 is 2.86 bits per heavy atom. The van der Waals surface area contributed by atoms with Gasteiger partial charge in [-0.1, -0.05) is 0 Å². The van der Waals surface area contributed by atoms with Gasteiger partial charge in [0.1, 0.15) is 0 Å². The van der Waals surface area contributed by atoms with Gasteiger partial charge in [-0.05, 0) is 30.6 Å². The number of hydrogen-bond donors (Lipinski definition) is 0. The molecule has 0 aromatic carbocycles. The number of aromatic nitrogens is 2. The van der Waals surface area contributed by atoms with Crippen LogP contribution in [0.1, 0.15) is 16.1 Å². The molecule has 4 heteroatoms. The molecule has 0 unspecified atom stereocenters. The zero-order valence-corrected chi connectivity index (χ0v) is 8.41. The maximum atomic E-state index is 10.5. The van der Waals surface area contributed by atoms with Crippen molar-refractivity contribution in [2.45, 2.75) is 6.92 Å². The smallest absolute Gasteiger partial charge is 0.151 e. The molecule has 0 saturated heterocycles. The minimum absolute atomic E-state index is 0.591. The summed E-state index contributed by atoms with van der Waals surface area (Å²) >= 11 is 1.42. The van der Waals surface area contributed by atoms with Crippen LogP contribution in [0.3, 0.4) is 0 Å². The van der Waals surface area contributed by atoms with Crippen LogP contribution in [0, 0.1) is 6.92 Å². The van der Waals surface area contributed by atoms with E-state index in [0.29, 0.717) is 5.56 Å². The Balaban J connectivity index is 2.46. The van der Waals surface area contributed by atoms with Crippen LogP contribution in [0.2, 0.25) is 0 Å². The fourth-order valence-electron chi connectivity index (χ4n) is 1.16. The van der Waals surface area contributed by atoms with E-state index in [4.69, 9.17) is 0 Å². The standard InChI is InChI=1S/C10H8N2OS/c1-7-2-10(14-12-7)9-3-8(6-13)4-11-5-9/h2-6H,1H3. The van der Waals surface area contributed by atoms with E-state index in [1.54, 1.807) is 12.4 Å². The van der Waals surface area contributed by atoms with Crippen LogP contribution in [0.5, 0.6) is 0 Å². The van der Waals surface area contributed by atoms with Gasteiger partial charge in [0.2, 0.25) is 0 Å². The Labute approximate surface area is 85.6 Å². The van der Waals surface area contributed by atoms with Crippen LogP contribution in [-0.4, -0.2) is 15.6 Å². The van der Waals surface area contributed by atoms with Crippen LogP contribution in [-0.2, 0) is 0 Å². The van der Waals surface area contributed by atoms with Gasteiger partial charge in [-0.15, -0.1) is 0 Å². The van der Waals surface area contributed by atoms with Crippen LogP contribution in [0.15, 0.2) is 24.5 Å². The Hall–Kier alpha value is -1.55. The lowest BCUT2D eigenvalue weighted by atomic mass is 10.2. The van der Waals surface area contributed by atoms with E-state index >= 15 is 0 Å². The predicted molar refractivity (Wildman–Crippen MR) is 55.5 cm³/mol. The quantitative estimate of drug-likeness (QED) is 0.705. The number of nitrogens with zero attached hydrogens (tertiary/aromatic N) is 2. The summed E-state index contributed by atoms with van der Waals surface area (Å²) in [6, 6.07) is 3.79. The summed E-state index contributed by atoms with van der Waals surface area (Å²) in [5.74, 6) is 0. The topological polar surface area (TPSA) is 42.9 Å². The van der Waals surface area contributed by atoms with E-state index in [0.717, 1.165) is 22.4 Å². The van der Waals surface area contributed by atoms with Crippen molar-refractivity contribution < 1.29 is 4.79 Å². The van der Waals surface area contributed by atoms with Crippen molar-refractivity contribution in [3.05, 3.63) is 35.8 Å². The maximum absolute atomic E-state index is 10.5. The highest BCUT2D eigenvalue weighted by atomic mass is 32.1. The van der Waals surface area contributed by atoms with Crippen molar-refractivity contribution in [1.29, 1.82) is 0 Å². The van der Waals surface area contributed by atoms with Crippen molar-refractivity contribution in [2.24, 2.45) is 0 Å². The van der Waals surface area contributed by atoms with Gasteiger partial charge in [0.05, 0.1) is 10.6 Å². The number of pyridine rings is 1. The lowest BCUT2D eigenvalue weighted by Crippen LogP contribution is -1.83. The van der Waals surface area contributed by atoms with Gasteiger partial charge in [-0.3, -0.25) is 9.78 Å². The molecular weight excluding hydrogens is 196 g/mol. The minimum Gasteiger partial charge on any atom is -0.298 e. The van der Waals surface area contributed by atoms with E-state index in [9.17, 15) is 4.79 Å². The van der Waals surface area contributed by atoms with Crippen molar-refractivity contribution in [1.82, 2.24) is 9.36 Å². The van der Waals surface area contributed by atoms with E-state index in [1.807, 2.05) is 19.1 Å². The summed E-state index contributed by atoms with van der Waals surface area (Å²) in [5, 5.41) is 0. The average Bonchev–Trinajstić information content (AvgIpc) is 2.65. The van der Waals surface area contributed by atoms with Gasteiger partial charge in [0, 0.05) is 23.5 Å². The first-order valence-corrected chi connectivity index (χ1v) is 4.91. The minimum atomic E-state index is 0.591. The zero-order valence-electron chi connectivity index (χ0n) is 7.60. The summed E-state index contributed by atoms with van der Waals surface area (Å²) in [4.78, 5) is 15.6. The lowest BCUT2D eigenvalue weighted by molar-refractivity contribution is 0.112. The van der Waals surface area contributed by atoms with Crippen molar-refractivity contribution in [3.63, 3.8) is 0 Å². The molecule has 0 amide bonds. The number of carbonyl (C=O) groups is 1. The molecule has 0 radical (unpaired) electrons. The molecule has 3 nitrogen and oxygen atoms in total. The molecular formula is C10H8N2OS. The van der Waals surface area contributed by atoms with E-state index < -0.39 is 0 Å². The first kappa shape index (κ1) is 9.02. The summed E-state index contributed by atoms with van der Waals surface area (Å²) in [5.41, 5.74) is 2.52. The first-order valence-electron chi connectivity index (χ1n) is 4.13. The van der Waals surface area contributed by atoms with Gasteiger partial charge in [-0.2, -0.15) is 4.37 Å². The van der Waals surface area contributed by atoms with E-state index in [-0.39, 0.29) is 0 Å². The van der Waals surface area contributed by atoms with Crippen molar-refractivity contribution in [3.8, 4) is 10.4 Å². The number of aldehydes is 1. The van der Waals surface area contributed by atoms with Gasteiger partial charge < -0.3 is 0 Å². The fraction of sp³-hybridized carbons (Fsp3) is 0.100.